The van der Waals surface area contributed by atoms with E-state index >= 15 is 0 Å². The van der Waals surface area contributed by atoms with Crippen LogP contribution in [0, 0.1) is 0 Å². The molecule has 0 saturated carbocycles. The number of rotatable bonds is 10. The summed E-state index contributed by atoms with van der Waals surface area (Å²) in [5, 5.41) is 20.6. The van der Waals surface area contributed by atoms with Crippen LogP contribution in [-0.4, -0.2) is 43.6 Å². The van der Waals surface area contributed by atoms with Crippen molar-refractivity contribution in [2.75, 3.05) is 18.9 Å². The number of anilines is 1. The van der Waals surface area contributed by atoms with Crippen LogP contribution in [0.25, 0.3) is 21.9 Å². The normalized spacial score (nSPS) is 12.9. The number of hydrogen-bond acceptors (Lipinski definition) is 6. The standard InChI is InChI=1S/C24H36N4O3/c1-6-7-8-19-27-20-21(28(19)12-13-29)17-10-9-16(15-18(17)26-22(20)25)24(4,5)31-14-11-23(2,3)30/h9-10,15,29-30H,6-8,11-14H2,1-5H3,(H2,25,26). The van der Waals surface area contributed by atoms with Crippen molar-refractivity contribution < 1.29 is 14.9 Å². The predicted octanol–water partition coefficient (Wildman–Crippen LogP) is 3.91. The molecule has 7 heteroatoms. The summed E-state index contributed by atoms with van der Waals surface area (Å²) in [5.41, 5.74) is 8.40. The van der Waals surface area contributed by atoms with Crippen molar-refractivity contribution >= 4 is 27.8 Å². The maximum atomic E-state index is 9.95. The van der Waals surface area contributed by atoms with Gasteiger partial charge in [0.05, 0.1) is 35.4 Å². The highest BCUT2D eigenvalue weighted by Crippen LogP contribution is 2.33. The molecule has 4 N–H and O–H groups in total. The molecule has 0 saturated heterocycles. The molecule has 0 amide bonds. The fourth-order valence-electron chi connectivity index (χ4n) is 3.84. The number of aliphatic hydroxyl groups is 2. The van der Waals surface area contributed by atoms with Gasteiger partial charge in [-0.25, -0.2) is 9.97 Å². The monoisotopic (exact) mass is 428 g/mol. The number of nitrogens with zero attached hydrogens (tertiary/aromatic N) is 3. The smallest absolute Gasteiger partial charge is 0.152 e. The molecule has 0 bridgehead atoms. The minimum absolute atomic E-state index is 0.0362. The summed E-state index contributed by atoms with van der Waals surface area (Å²) >= 11 is 0. The Morgan fingerprint density at radius 1 is 1.16 bits per heavy atom. The predicted molar refractivity (Wildman–Crippen MR) is 125 cm³/mol. The first-order chi connectivity index (χ1) is 14.6. The molecule has 1 aromatic carbocycles. The van der Waals surface area contributed by atoms with Crippen molar-refractivity contribution in [3.63, 3.8) is 0 Å². The van der Waals surface area contributed by atoms with E-state index in [9.17, 15) is 10.2 Å². The Kier molecular flexibility index (Phi) is 6.88. The van der Waals surface area contributed by atoms with Crippen molar-refractivity contribution in [1.29, 1.82) is 0 Å². The van der Waals surface area contributed by atoms with E-state index in [4.69, 9.17) is 15.5 Å². The number of aryl methyl sites for hydroxylation is 1. The average molecular weight is 429 g/mol. The lowest BCUT2D eigenvalue weighted by atomic mass is 9.96. The minimum atomic E-state index is -0.762. The van der Waals surface area contributed by atoms with Crippen LogP contribution < -0.4 is 5.73 Å². The molecule has 3 rings (SSSR count). The van der Waals surface area contributed by atoms with E-state index in [0.29, 0.717) is 30.9 Å². The lowest BCUT2D eigenvalue weighted by Crippen LogP contribution is -2.27. The molecular formula is C24H36N4O3. The first-order valence-corrected chi connectivity index (χ1v) is 11.1. The van der Waals surface area contributed by atoms with Crippen molar-refractivity contribution in [1.82, 2.24) is 14.5 Å². The van der Waals surface area contributed by atoms with Crippen LogP contribution >= 0.6 is 0 Å². The molecule has 170 valence electrons. The van der Waals surface area contributed by atoms with Crippen LogP contribution in [0.5, 0.6) is 0 Å². The van der Waals surface area contributed by atoms with Crippen molar-refractivity contribution in [2.45, 2.75) is 78.0 Å². The van der Waals surface area contributed by atoms with E-state index in [2.05, 4.69) is 16.5 Å². The Labute approximate surface area is 184 Å². The maximum absolute atomic E-state index is 9.95. The zero-order valence-electron chi connectivity index (χ0n) is 19.4. The van der Waals surface area contributed by atoms with Gasteiger partial charge >= 0.3 is 0 Å². The van der Waals surface area contributed by atoms with E-state index in [-0.39, 0.29) is 6.61 Å². The van der Waals surface area contributed by atoms with E-state index in [0.717, 1.165) is 47.1 Å². The highest BCUT2D eigenvalue weighted by Gasteiger charge is 2.25. The second-order valence-electron chi connectivity index (χ2n) is 9.35. The molecule has 0 aliphatic carbocycles. The number of unbranched alkanes of at least 4 members (excludes halogenated alkanes) is 1. The van der Waals surface area contributed by atoms with Gasteiger partial charge in [-0.05, 0) is 52.2 Å². The van der Waals surface area contributed by atoms with Crippen LogP contribution in [0.1, 0.15) is 65.3 Å². The zero-order chi connectivity index (χ0) is 22.8. The van der Waals surface area contributed by atoms with Crippen LogP contribution in [-0.2, 0) is 23.3 Å². The Morgan fingerprint density at radius 3 is 2.55 bits per heavy atom. The van der Waals surface area contributed by atoms with Gasteiger partial charge in [0.25, 0.3) is 0 Å². The second kappa shape index (κ2) is 9.10. The molecule has 31 heavy (non-hydrogen) atoms. The number of aromatic nitrogens is 3. The number of nitrogens with two attached hydrogens (primary N) is 1. The zero-order valence-corrected chi connectivity index (χ0v) is 19.4. The van der Waals surface area contributed by atoms with Gasteiger partial charge in [0.1, 0.15) is 11.3 Å². The SMILES string of the molecule is CCCCc1nc2c(N)nc3cc(C(C)(C)OCCC(C)(C)O)ccc3c2n1CCO. The maximum Gasteiger partial charge on any atom is 0.152 e. The van der Waals surface area contributed by atoms with Gasteiger partial charge < -0.3 is 25.3 Å². The number of nitrogen functional groups attached to an aromatic ring is 1. The summed E-state index contributed by atoms with van der Waals surface area (Å²) in [5.74, 6) is 1.33. The Hall–Kier alpha value is -2.22. The molecule has 2 heterocycles. The van der Waals surface area contributed by atoms with Crippen molar-refractivity contribution in [3.05, 3.63) is 29.6 Å². The summed E-state index contributed by atoms with van der Waals surface area (Å²) in [6.45, 7) is 10.7. The number of ether oxygens (including phenoxy) is 1. The lowest BCUT2D eigenvalue weighted by molar-refractivity contribution is -0.0493. The highest BCUT2D eigenvalue weighted by atomic mass is 16.5. The molecule has 0 fully saturated rings. The molecule has 0 radical (unpaired) electrons. The Morgan fingerprint density at radius 2 is 1.90 bits per heavy atom. The summed E-state index contributed by atoms with van der Waals surface area (Å²) < 4.78 is 8.18. The van der Waals surface area contributed by atoms with Gasteiger partial charge in [-0.3, -0.25) is 0 Å². The first kappa shape index (κ1) is 23.4. The lowest BCUT2D eigenvalue weighted by Gasteiger charge is -2.28. The fourth-order valence-corrected chi connectivity index (χ4v) is 3.84. The molecule has 3 aromatic rings. The minimum Gasteiger partial charge on any atom is -0.395 e. The molecule has 2 aromatic heterocycles. The third kappa shape index (κ3) is 5.17. The van der Waals surface area contributed by atoms with E-state index in [1.54, 1.807) is 13.8 Å². The number of aliphatic hydroxyl groups excluding tert-OH is 1. The van der Waals surface area contributed by atoms with Crippen LogP contribution in [0.15, 0.2) is 18.2 Å². The quantitative estimate of drug-likeness (QED) is 0.452. The number of pyridine rings is 1. The van der Waals surface area contributed by atoms with Gasteiger partial charge in [-0.2, -0.15) is 0 Å². The van der Waals surface area contributed by atoms with E-state index < -0.39 is 11.2 Å². The molecule has 7 nitrogen and oxygen atoms in total. The number of fused-ring (bicyclic) bond motifs is 3. The third-order valence-electron chi connectivity index (χ3n) is 5.73. The van der Waals surface area contributed by atoms with Gasteiger partial charge in [0, 0.05) is 18.4 Å². The van der Waals surface area contributed by atoms with Crippen LogP contribution in [0.4, 0.5) is 5.82 Å². The molecular weight excluding hydrogens is 392 g/mol. The largest absolute Gasteiger partial charge is 0.395 e. The van der Waals surface area contributed by atoms with Crippen molar-refractivity contribution in [2.24, 2.45) is 0 Å². The summed E-state index contributed by atoms with van der Waals surface area (Å²) in [6, 6.07) is 6.10. The number of imidazole rings is 1. The van der Waals surface area contributed by atoms with Crippen LogP contribution in [0.2, 0.25) is 0 Å². The third-order valence-corrected chi connectivity index (χ3v) is 5.73. The van der Waals surface area contributed by atoms with Gasteiger partial charge in [-0.1, -0.05) is 25.5 Å². The summed E-state index contributed by atoms with van der Waals surface area (Å²) in [6.07, 6.45) is 3.49. The second-order valence-corrected chi connectivity index (χ2v) is 9.35. The van der Waals surface area contributed by atoms with Gasteiger partial charge in [-0.15, -0.1) is 0 Å². The molecule has 0 aliphatic heterocycles. The van der Waals surface area contributed by atoms with E-state index in [1.165, 1.54) is 0 Å². The highest BCUT2D eigenvalue weighted by molar-refractivity contribution is 6.06. The first-order valence-electron chi connectivity index (χ1n) is 11.1. The topological polar surface area (TPSA) is 106 Å². The molecule has 0 atom stereocenters. The average Bonchev–Trinajstić information content (AvgIpc) is 3.04. The van der Waals surface area contributed by atoms with Crippen LogP contribution in [0.3, 0.4) is 0 Å². The Balaban J connectivity index is 2.05. The molecule has 0 unspecified atom stereocenters. The fraction of sp³-hybridized carbons (Fsp3) is 0.583. The van der Waals surface area contributed by atoms with Gasteiger partial charge in [0.2, 0.25) is 0 Å². The molecule has 0 spiro atoms. The van der Waals surface area contributed by atoms with Gasteiger partial charge in [0.15, 0.2) is 5.82 Å². The number of benzene rings is 1. The Bertz CT molecular complexity index is 1050. The molecule has 0 aliphatic rings. The number of hydrogen-bond donors (Lipinski definition) is 3. The van der Waals surface area contributed by atoms with E-state index in [1.807, 2.05) is 32.0 Å². The summed E-state index contributed by atoms with van der Waals surface area (Å²) in [4.78, 5) is 9.41. The van der Waals surface area contributed by atoms with Crippen molar-refractivity contribution in [3.8, 4) is 0 Å². The summed E-state index contributed by atoms with van der Waals surface area (Å²) in [7, 11) is 0.